The van der Waals surface area contributed by atoms with Crippen molar-refractivity contribution in [1.82, 2.24) is 0 Å². The first-order chi connectivity index (χ1) is 20.8. The maximum atomic E-state index is 12.0. The van der Waals surface area contributed by atoms with Crippen molar-refractivity contribution in [3.63, 3.8) is 0 Å². The van der Waals surface area contributed by atoms with Gasteiger partial charge in [-0.3, -0.25) is 12.5 Å². The van der Waals surface area contributed by atoms with Crippen molar-refractivity contribution in [1.29, 1.82) is 0 Å². The van der Waals surface area contributed by atoms with Crippen LogP contribution >= 0.6 is 0 Å². The van der Waals surface area contributed by atoms with Crippen molar-refractivity contribution < 1.29 is 140 Å². The average Bonchev–Trinajstić information content (AvgIpc) is 3.22. The fourth-order valence-electron chi connectivity index (χ4n) is 10.6. The molecule has 4 fully saturated rings. The van der Waals surface area contributed by atoms with Gasteiger partial charge in [-0.1, -0.05) is 61.8 Å². The third-order valence-electron chi connectivity index (χ3n) is 13.9. The van der Waals surface area contributed by atoms with Gasteiger partial charge in [-0.25, -0.2) is 25.3 Å². The van der Waals surface area contributed by atoms with Crippen molar-refractivity contribution in [2.24, 2.45) is 63.6 Å². The number of rotatable bonds is 12. The van der Waals surface area contributed by atoms with Gasteiger partial charge < -0.3 is 13.7 Å². The Labute approximate surface area is 362 Å². The molecule has 0 aliphatic heterocycles. The van der Waals surface area contributed by atoms with Crippen LogP contribution in [-0.4, -0.2) is 57.2 Å². The molecule has 4 aliphatic rings. The van der Waals surface area contributed by atoms with E-state index < -0.39 is 60.8 Å². The second kappa shape index (κ2) is 17.8. The van der Waals surface area contributed by atoms with Crippen LogP contribution in [0.1, 0.15) is 113 Å². The van der Waals surface area contributed by atoms with Crippen LogP contribution in [0.15, 0.2) is 0 Å². The topological polar surface area (TPSA) is 199 Å². The molecule has 12 nitrogen and oxygen atoms in total. The van der Waals surface area contributed by atoms with Crippen LogP contribution in [0.25, 0.3) is 0 Å². The van der Waals surface area contributed by atoms with Crippen molar-refractivity contribution in [3.8, 4) is 0 Å². The van der Waals surface area contributed by atoms with E-state index in [0.29, 0.717) is 23.7 Å². The molecule has 0 bridgehead atoms. The van der Waals surface area contributed by atoms with Crippen molar-refractivity contribution in [2.75, 3.05) is 0 Å². The number of hydrogen-bond acceptors (Lipinski definition) is 12. The van der Waals surface area contributed by atoms with Crippen molar-refractivity contribution in [2.45, 2.75) is 131 Å². The van der Waals surface area contributed by atoms with E-state index in [1.807, 2.05) is 6.92 Å². The van der Waals surface area contributed by atoms with E-state index in [1.54, 1.807) is 0 Å². The standard InChI is InChI=1S/C31H56O12S3.3Na/c1-18(2)29(5,6)20(4)10-9-19(3)22-11-12-23-21-15-26(41-44(32,33)34)25-16-27(42-45(35,36)37)28(43-46(38,39)40)17-31(25,8)24(21)13-14-30(22,23)7;;;/h18-28H,9-17H2,1-8H3,(H,32,33,34)(H,35,36,37)(H,38,39,40);;;/q;3*+1/p-3/t19-,20?,21+,22-,23+,24+,25?,26+,27+,28+,30-,31-;;;/m1.../s1. The molecular formula is C31H53Na3O12S3. The Bertz CT molecular complexity index is 1440. The Morgan fingerprint density at radius 1 is 0.673 bits per heavy atom. The van der Waals surface area contributed by atoms with Crippen LogP contribution in [-0.2, 0) is 43.7 Å². The Morgan fingerprint density at radius 3 is 1.67 bits per heavy atom. The van der Waals surface area contributed by atoms with Gasteiger partial charge in [0.1, 0.15) is 12.2 Å². The number of hydrogen-bond donors (Lipinski definition) is 0. The first-order valence-electron chi connectivity index (χ1n) is 16.7. The van der Waals surface area contributed by atoms with Gasteiger partial charge >= 0.3 is 88.7 Å². The predicted molar refractivity (Wildman–Crippen MR) is 166 cm³/mol. The molecule has 0 heterocycles. The zero-order chi connectivity index (χ0) is 34.8. The van der Waals surface area contributed by atoms with E-state index in [9.17, 15) is 38.9 Å². The minimum absolute atomic E-state index is 0. The first kappa shape index (κ1) is 49.6. The summed E-state index contributed by atoms with van der Waals surface area (Å²) in [5.74, 6) is 1.33. The first-order valence-corrected chi connectivity index (χ1v) is 20.7. The van der Waals surface area contributed by atoms with Crippen LogP contribution in [0.5, 0.6) is 0 Å². The van der Waals surface area contributed by atoms with Crippen LogP contribution in [0.2, 0.25) is 0 Å². The van der Waals surface area contributed by atoms with Gasteiger partial charge in [0.05, 0.1) is 6.10 Å². The fraction of sp³-hybridized carbons (Fsp3) is 1.00. The minimum atomic E-state index is -5.35. The van der Waals surface area contributed by atoms with Gasteiger partial charge in [-0.05, 0) is 115 Å². The summed E-state index contributed by atoms with van der Waals surface area (Å²) >= 11 is 0. The molecule has 0 amide bonds. The molecular weight excluding hydrogens is 730 g/mol. The minimum Gasteiger partial charge on any atom is -0.726 e. The largest absolute Gasteiger partial charge is 1.00 e. The fourth-order valence-corrected chi connectivity index (χ4v) is 12.2. The molecule has 4 rings (SSSR count). The normalized spacial score (nSPS) is 37.7. The second-order valence-corrected chi connectivity index (χ2v) is 19.5. The maximum Gasteiger partial charge on any atom is 1.00 e. The summed E-state index contributed by atoms with van der Waals surface area (Å²) in [6.45, 7) is 18.0. The van der Waals surface area contributed by atoms with E-state index in [4.69, 9.17) is 8.37 Å². The molecule has 49 heavy (non-hydrogen) atoms. The van der Waals surface area contributed by atoms with E-state index in [1.165, 1.54) is 0 Å². The molecule has 0 spiro atoms. The summed E-state index contributed by atoms with van der Waals surface area (Å²) in [7, 11) is -15.8. The van der Waals surface area contributed by atoms with Crippen LogP contribution in [0, 0.1) is 63.6 Å². The third kappa shape index (κ3) is 11.4. The Balaban J connectivity index is 0.00000400. The summed E-state index contributed by atoms with van der Waals surface area (Å²) in [5.41, 5.74) is -0.713. The Kier molecular flexibility index (Phi) is 18.0. The molecule has 4 saturated carbocycles. The summed E-state index contributed by atoms with van der Waals surface area (Å²) in [4.78, 5) is 0. The predicted octanol–water partition coefficient (Wildman–Crippen LogP) is -3.85. The monoisotopic (exact) mass is 782 g/mol. The smallest absolute Gasteiger partial charge is 0.726 e. The van der Waals surface area contributed by atoms with Gasteiger partial charge in [0.25, 0.3) is 0 Å². The summed E-state index contributed by atoms with van der Waals surface area (Å²) in [5, 5.41) is 0. The average molecular weight is 783 g/mol. The van der Waals surface area contributed by atoms with Crippen molar-refractivity contribution in [3.05, 3.63) is 0 Å². The molecule has 4 aliphatic carbocycles. The molecule has 0 radical (unpaired) electrons. The Hall–Kier alpha value is 2.61. The van der Waals surface area contributed by atoms with E-state index in [-0.39, 0.29) is 137 Å². The van der Waals surface area contributed by atoms with Gasteiger partial charge in [-0.2, -0.15) is 0 Å². The molecule has 0 N–H and O–H groups in total. The van der Waals surface area contributed by atoms with E-state index >= 15 is 0 Å². The van der Waals surface area contributed by atoms with Gasteiger partial charge in [0.2, 0.25) is 31.2 Å². The van der Waals surface area contributed by atoms with E-state index in [0.717, 1.165) is 38.5 Å². The Morgan fingerprint density at radius 2 is 1.16 bits per heavy atom. The van der Waals surface area contributed by atoms with Crippen LogP contribution in [0.3, 0.4) is 0 Å². The molecule has 2 unspecified atom stereocenters. The van der Waals surface area contributed by atoms with Crippen molar-refractivity contribution >= 4 is 31.2 Å². The van der Waals surface area contributed by atoms with Crippen LogP contribution in [0.4, 0.5) is 0 Å². The zero-order valence-corrected chi connectivity index (χ0v) is 39.8. The summed E-state index contributed by atoms with van der Waals surface area (Å²) < 4.78 is 120. The molecule has 270 valence electrons. The van der Waals surface area contributed by atoms with E-state index in [2.05, 4.69) is 52.6 Å². The molecule has 18 heteroatoms. The van der Waals surface area contributed by atoms with Gasteiger partial charge in [0, 0.05) is 0 Å². The maximum absolute atomic E-state index is 12.0. The molecule has 0 aromatic rings. The molecule has 0 aromatic carbocycles. The van der Waals surface area contributed by atoms with Crippen LogP contribution < -0.4 is 88.7 Å². The number of fused-ring (bicyclic) bond motifs is 5. The summed E-state index contributed by atoms with van der Waals surface area (Å²) in [6, 6.07) is 0. The third-order valence-corrected chi connectivity index (χ3v) is 15.4. The molecule has 0 aromatic heterocycles. The molecule has 12 atom stereocenters. The van der Waals surface area contributed by atoms with Gasteiger partial charge in [-0.15, -0.1) is 0 Å². The molecule has 0 saturated heterocycles. The quantitative estimate of drug-likeness (QED) is 0.106. The van der Waals surface area contributed by atoms with Gasteiger partial charge in [0.15, 0.2) is 0 Å². The second-order valence-electron chi connectivity index (χ2n) is 16.5. The zero-order valence-electron chi connectivity index (χ0n) is 31.3. The SMILES string of the molecule is CC(C)C(C)(C)C(C)CC[C@@H](C)[C@H]1CC[C@H]2[C@@H]3C[C@H](OS(=O)(=O)[O-])C4C[C@H](OS(=O)(=O)[O-])[C@@H](OS(=O)(=O)[O-])C[C@]4(C)[C@H]3CC[C@]12C.[Na+].[Na+].[Na+]. The summed E-state index contributed by atoms with van der Waals surface area (Å²) in [6.07, 6.45) is 1.13.